The van der Waals surface area contributed by atoms with Crippen molar-refractivity contribution in [2.75, 3.05) is 7.11 Å². The summed E-state index contributed by atoms with van der Waals surface area (Å²) in [6.07, 6.45) is 0. The number of hydrogen-bond acceptors (Lipinski definition) is 1. The van der Waals surface area contributed by atoms with E-state index in [2.05, 4.69) is 0 Å². The van der Waals surface area contributed by atoms with E-state index in [1.54, 1.807) is 7.11 Å². The summed E-state index contributed by atoms with van der Waals surface area (Å²) in [6.45, 7) is 2.03. The average molecular weight is 171 g/mol. The normalized spacial score (nSPS) is 9.73. The van der Waals surface area contributed by atoms with Crippen LogP contribution in [-0.2, 0) is 5.88 Å². The fraction of sp³-hybridized carbons (Fsp3) is 0.333. The molecule has 0 unspecified atom stereocenters. The fourth-order valence-electron chi connectivity index (χ4n) is 0.945. The van der Waals surface area contributed by atoms with Gasteiger partial charge in [-0.3, -0.25) is 0 Å². The fourth-order valence-corrected chi connectivity index (χ4v) is 1.25. The van der Waals surface area contributed by atoms with Gasteiger partial charge in [-0.1, -0.05) is 6.07 Å². The molecule has 0 saturated heterocycles. The van der Waals surface area contributed by atoms with Crippen molar-refractivity contribution in [2.45, 2.75) is 12.8 Å². The Labute approximate surface area is 71.9 Å². The van der Waals surface area contributed by atoms with E-state index in [0.29, 0.717) is 5.88 Å². The van der Waals surface area contributed by atoms with Gasteiger partial charge in [-0.15, -0.1) is 11.6 Å². The second kappa shape index (κ2) is 3.63. The van der Waals surface area contributed by atoms with Gasteiger partial charge in [0.25, 0.3) is 0 Å². The summed E-state index contributed by atoms with van der Waals surface area (Å²) >= 11 is 5.69. The molecule has 1 nitrogen and oxygen atoms in total. The standard InChI is InChI=1S/C9H11ClO/c1-7-5-9(11-2)4-3-8(7)6-10/h3-5H,6H2,1-2H3. The van der Waals surface area contributed by atoms with E-state index < -0.39 is 0 Å². The van der Waals surface area contributed by atoms with Crippen LogP contribution in [0.3, 0.4) is 0 Å². The van der Waals surface area contributed by atoms with Gasteiger partial charge in [-0.25, -0.2) is 0 Å². The molecule has 1 aromatic rings. The molecule has 11 heavy (non-hydrogen) atoms. The summed E-state index contributed by atoms with van der Waals surface area (Å²) in [6, 6.07) is 5.89. The molecule has 2 heteroatoms. The van der Waals surface area contributed by atoms with Crippen LogP contribution in [0.5, 0.6) is 5.75 Å². The first-order chi connectivity index (χ1) is 5.27. The predicted octanol–water partition coefficient (Wildman–Crippen LogP) is 2.74. The number of aryl methyl sites for hydroxylation is 1. The van der Waals surface area contributed by atoms with Gasteiger partial charge >= 0.3 is 0 Å². The van der Waals surface area contributed by atoms with Gasteiger partial charge in [0, 0.05) is 5.88 Å². The molecule has 0 saturated carbocycles. The third-order valence-corrected chi connectivity index (χ3v) is 1.98. The number of halogens is 1. The van der Waals surface area contributed by atoms with Crippen molar-refractivity contribution < 1.29 is 4.74 Å². The van der Waals surface area contributed by atoms with Gasteiger partial charge in [0.05, 0.1) is 7.11 Å². The quantitative estimate of drug-likeness (QED) is 0.621. The maximum atomic E-state index is 5.69. The van der Waals surface area contributed by atoms with Crippen LogP contribution >= 0.6 is 11.6 Å². The minimum atomic E-state index is 0.565. The molecule has 0 radical (unpaired) electrons. The van der Waals surface area contributed by atoms with E-state index in [0.717, 1.165) is 11.3 Å². The van der Waals surface area contributed by atoms with Crippen molar-refractivity contribution in [1.29, 1.82) is 0 Å². The molecule has 0 aliphatic heterocycles. The lowest BCUT2D eigenvalue weighted by molar-refractivity contribution is 0.414. The molecule has 0 heterocycles. The van der Waals surface area contributed by atoms with E-state index in [1.807, 2.05) is 25.1 Å². The van der Waals surface area contributed by atoms with Gasteiger partial charge in [-0.2, -0.15) is 0 Å². The van der Waals surface area contributed by atoms with E-state index in [4.69, 9.17) is 16.3 Å². The number of hydrogen-bond donors (Lipinski definition) is 0. The molecule has 0 aliphatic carbocycles. The Bertz CT molecular complexity index is 245. The molecule has 1 aromatic carbocycles. The largest absolute Gasteiger partial charge is 0.497 e. The Morgan fingerprint density at radius 2 is 2.18 bits per heavy atom. The summed E-state index contributed by atoms with van der Waals surface area (Å²) in [4.78, 5) is 0. The van der Waals surface area contributed by atoms with Crippen molar-refractivity contribution in [1.82, 2.24) is 0 Å². The van der Waals surface area contributed by atoms with Crippen molar-refractivity contribution in [3.8, 4) is 5.75 Å². The highest BCUT2D eigenvalue weighted by Gasteiger charge is 1.97. The zero-order valence-corrected chi connectivity index (χ0v) is 7.48. The van der Waals surface area contributed by atoms with Crippen LogP contribution < -0.4 is 4.74 Å². The third-order valence-electron chi connectivity index (χ3n) is 1.69. The lowest BCUT2D eigenvalue weighted by Crippen LogP contribution is -1.87. The first-order valence-electron chi connectivity index (χ1n) is 3.47. The highest BCUT2D eigenvalue weighted by molar-refractivity contribution is 6.17. The first-order valence-corrected chi connectivity index (χ1v) is 4.01. The van der Waals surface area contributed by atoms with E-state index in [-0.39, 0.29) is 0 Å². The Balaban J connectivity index is 2.99. The summed E-state index contributed by atoms with van der Waals surface area (Å²) in [5.74, 6) is 1.45. The van der Waals surface area contributed by atoms with Crippen LogP contribution in [0.4, 0.5) is 0 Å². The molecule has 0 N–H and O–H groups in total. The van der Waals surface area contributed by atoms with Crippen LogP contribution in [-0.4, -0.2) is 7.11 Å². The maximum Gasteiger partial charge on any atom is 0.119 e. The second-order valence-corrected chi connectivity index (χ2v) is 2.69. The molecule has 1 rings (SSSR count). The van der Waals surface area contributed by atoms with E-state index in [1.165, 1.54) is 5.56 Å². The Morgan fingerprint density at radius 3 is 2.64 bits per heavy atom. The van der Waals surface area contributed by atoms with Gasteiger partial charge < -0.3 is 4.74 Å². The highest BCUT2D eigenvalue weighted by Crippen LogP contribution is 2.17. The number of ether oxygens (including phenoxy) is 1. The molecule has 0 aromatic heterocycles. The maximum absolute atomic E-state index is 5.69. The van der Waals surface area contributed by atoms with Crippen molar-refractivity contribution in [3.63, 3.8) is 0 Å². The van der Waals surface area contributed by atoms with Gasteiger partial charge in [0.15, 0.2) is 0 Å². The Hall–Kier alpha value is -0.690. The zero-order valence-electron chi connectivity index (χ0n) is 6.73. The highest BCUT2D eigenvalue weighted by atomic mass is 35.5. The Kier molecular flexibility index (Phi) is 2.77. The molecule has 0 amide bonds. The van der Waals surface area contributed by atoms with Crippen LogP contribution in [0.1, 0.15) is 11.1 Å². The third kappa shape index (κ3) is 1.87. The summed E-state index contributed by atoms with van der Waals surface area (Å²) < 4.78 is 5.05. The number of alkyl halides is 1. The molecule has 60 valence electrons. The lowest BCUT2D eigenvalue weighted by atomic mass is 10.1. The lowest BCUT2D eigenvalue weighted by Gasteiger charge is -2.04. The molecular weight excluding hydrogens is 160 g/mol. The smallest absolute Gasteiger partial charge is 0.119 e. The average Bonchev–Trinajstić information content (AvgIpc) is 2.04. The zero-order chi connectivity index (χ0) is 8.27. The van der Waals surface area contributed by atoms with Crippen LogP contribution in [0.15, 0.2) is 18.2 Å². The van der Waals surface area contributed by atoms with Crippen LogP contribution in [0.25, 0.3) is 0 Å². The molecule has 0 aliphatic rings. The molecule has 0 bridgehead atoms. The van der Waals surface area contributed by atoms with Crippen molar-refractivity contribution >= 4 is 11.6 Å². The minimum absolute atomic E-state index is 0.565. The molecule has 0 spiro atoms. The number of rotatable bonds is 2. The van der Waals surface area contributed by atoms with E-state index in [9.17, 15) is 0 Å². The second-order valence-electron chi connectivity index (χ2n) is 2.43. The monoisotopic (exact) mass is 170 g/mol. The van der Waals surface area contributed by atoms with Gasteiger partial charge in [0.2, 0.25) is 0 Å². The van der Waals surface area contributed by atoms with Crippen molar-refractivity contribution in [2.24, 2.45) is 0 Å². The van der Waals surface area contributed by atoms with Gasteiger partial charge in [0.1, 0.15) is 5.75 Å². The SMILES string of the molecule is COc1ccc(CCl)c(C)c1. The first kappa shape index (κ1) is 8.41. The van der Waals surface area contributed by atoms with Crippen LogP contribution in [0, 0.1) is 6.92 Å². The topological polar surface area (TPSA) is 9.23 Å². The number of benzene rings is 1. The van der Waals surface area contributed by atoms with Crippen LogP contribution in [0.2, 0.25) is 0 Å². The molecule has 0 atom stereocenters. The number of methoxy groups -OCH3 is 1. The molecular formula is C9H11ClO. The van der Waals surface area contributed by atoms with Gasteiger partial charge in [-0.05, 0) is 30.2 Å². The van der Waals surface area contributed by atoms with E-state index >= 15 is 0 Å². The predicted molar refractivity (Wildman–Crippen MR) is 47.3 cm³/mol. The minimum Gasteiger partial charge on any atom is -0.497 e. The van der Waals surface area contributed by atoms with Crippen molar-refractivity contribution in [3.05, 3.63) is 29.3 Å². The summed E-state index contributed by atoms with van der Waals surface area (Å²) in [5.41, 5.74) is 2.34. The summed E-state index contributed by atoms with van der Waals surface area (Å²) in [7, 11) is 1.66. The Morgan fingerprint density at radius 1 is 1.45 bits per heavy atom. The molecule has 0 fully saturated rings. The summed E-state index contributed by atoms with van der Waals surface area (Å²) in [5, 5.41) is 0.